The second-order valence-electron chi connectivity index (χ2n) is 4.81. The van der Waals surface area contributed by atoms with E-state index in [9.17, 15) is 0 Å². The normalized spacial score (nSPS) is 10.7. The summed E-state index contributed by atoms with van der Waals surface area (Å²) in [6, 6.07) is 22.9. The Labute approximate surface area is 118 Å². The Morgan fingerprint density at radius 1 is 0.700 bits per heavy atom. The summed E-state index contributed by atoms with van der Waals surface area (Å²) < 4.78 is 5.63. The molecule has 0 saturated heterocycles. The first kappa shape index (κ1) is 12.7. The summed E-state index contributed by atoms with van der Waals surface area (Å²) in [4.78, 5) is 0. The maximum Gasteiger partial charge on any atom is 0.117 e. The molecule has 3 rings (SSSR count). The molecule has 0 atom stereocenters. The molecule has 2 aromatic carbocycles. The SMILES string of the molecule is NCc1ccc(Cc2ccc(-c3ccccc3)cc2)o1. The zero-order valence-corrected chi connectivity index (χ0v) is 11.3. The van der Waals surface area contributed by atoms with E-state index in [4.69, 9.17) is 10.2 Å². The molecule has 20 heavy (non-hydrogen) atoms. The Bertz CT molecular complexity index is 668. The summed E-state index contributed by atoms with van der Waals surface area (Å²) >= 11 is 0. The predicted octanol–water partition coefficient (Wildman–Crippen LogP) is 4.00. The first-order valence-corrected chi connectivity index (χ1v) is 6.77. The summed E-state index contributed by atoms with van der Waals surface area (Å²) in [7, 11) is 0. The van der Waals surface area contributed by atoms with E-state index in [-0.39, 0.29) is 0 Å². The van der Waals surface area contributed by atoms with E-state index in [0.717, 1.165) is 17.9 Å². The third-order valence-electron chi connectivity index (χ3n) is 3.36. The minimum atomic E-state index is 0.451. The second-order valence-corrected chi connectivity index (χ2v) is 4.81. The van der Waals surface area contributed by atoms with Crippen molar-refractivity contribution in [2.75, 3.05) is 0 Å². The van der Waals surface area contributed by atoms with E-state index in [1.54, 1.807) is 0 Å². The predicted molar refractivity (Wildman–Crippen MR) is 81.3 cm³/mol. The van der Waals surface area contributed by atoms with Gasteiger partial charge in [0.05, 0.1) is 6.54 Å². The van der Waals surface area contributed by atoms with Crippen molar-refractivity contribution in [3.05, 3.63) is 83.8 Å². The summed E-state index contributed by atoms with van der Waals surface area (Å²) in [5.41, 5.74) is 9.26. The number of hydrogen-bond acceptors (Lipinski definition) is 2. The minimum Gasteiger partial charge on any atom is -0.464 e. The maximum atomic E-state index is 5.63. The van der Waals surface area contributed by atoms with Gasteiger partial charge in [-0.05, 0) is 28.8 Å². The van der Waals surface area contributed by atoms with Gasteiger partial charge in [-0.1, -0.05) is 54.6 Å². The molecular weight excluding hydrogens is 246 g/mol. The van der Waals surface area contributed by atoms with Crippen LogP contribution in [0.5, 0.6) is 0 Å². The first-order valence-electron chi connectivity index (χ1n) is 6.77. The van der Waals surface area contributed by atoms with Gasteiger partial charge in [-0.3, -0.25) is 0 Å². The standard InChI is InChI=1S/C18H17NO/c19-13-18-11-10-17(20-18)12-14-6-8-16(9-7-14)15-4-2-1-3-5-15/h1-11H,12-13,19H2. The lowest BCUT2D eigenvalue weighted by Gasteiger charge is -2.03. The molecule has 2 N–H and O–H groups in total. The van der Waals surface area contributed by atoms with Crippen molar-refractivity contribution in [2.24, 2.45) is 5.73 Å². The first-order chi connectivity index (χ1) is 9.85. The monoisotopic (exact) mass is 263 g/mol. The molecule has 3 aromatic rings. The summed E-state index contributed by atoms with van der Waals surface area (Å²) in [6.45, 7) is 0.451. The lowest BCUT2D eigenvalue weighted by Crippen LogP contribution is -1.93. The van der Waals surface area contributed by atoms with Gasteiger partial charge in [0.2, 0.25) is 0 Å². The molecule has 1 aromatic heterocycles. The van der Waals surface area contributed by atoms with Crippen molar-refractivity contribution in [1.29, 1.82) is 0 Å². The van der Waals surface area contributed by atoms with Crippen molar-refractivity contribution in [3.63, 3.8) is 0 Å². The van der Waals surface area contributed by atoms with Gasteiger partial charge in [-0.25, -0.2) is 0 Å². The summed E-state index contributed by atoms with van der Waals surface area (Å²) in [5, 5.41) is 0. The molecule has 2 nitrogen and oxygen atoms in total. The maximum absolute atomic E-state index is 5.63. The average Bonchev–Trinajstić information content (AvgIpc) is 2.97. The minimum absolute atomic E-state index is 0.451. The molecule has 0 unspecified atom stereocenters. The third kappa shape index (κ3) is 2.81. The lowest BCUT2D eigenvalue weighted by molar-refractivity contribution is 0.475. The Kier molecular flexibility index (Phi) is 3.66. The molecule has 0 saturated carbocycles. The zero-order valence-electron chi connectivity index (χ0n) is 11.3. The van der Waals surface area contributed by atoms with Crippen molar-refractivity contribution < 1.29 is 4.42 Å². The lowest BCUT2D eigenvalue weighted by atomic mass is 10.0. The van der Waals surface area contributed by atoms with Gasteiger partial charge in [0.1, 0.15) is 11.5 Å². The summed E-state index contributed by atoms with van der Waals surface area (Å²) in [5.74, 6) is 1.79. The van der Waals surface area contributed by atoms with Gasteiger partial charge in [0.15, 0.2) is 0 Å². The zero-order chi connectivity index (χ0) is 13.8. The van der Waals surface area contributed by atoms with E-state index >= 15 is 0 Å². The molecule has 0 aliphatic rings. The number of rotatable bonds is 4. The van der Waals surface area contributed by atoms with Gasteiger partial charge in [0, 0.05) is 6.42 Å². The van der Waals surface area contributed by atoms with E-state index < -0.39 is 0 Å². The number of furan rings is 1. The quantitative estimate of drug-likeness (QED) is 0.772. The Balaban J connectivity index is 1.76. The fraction of sp³-hybridized carbons (Fsp3) is 0.111. The number of nitrogens with two attached hydrogens (primary N) is 1. The number of hydrogen-bond donors (Lipinski definition) is 1. The number of benzene rings is 2. The van der Waals surface area contributed by atoms with Crippen LogP contribution in [0.25, 0.3) is 11.1 Å². The average molecular weight is 263 g/mol. The van der Waals surface area contributed by atoms with Gasteiger partial charge in [-0.15, -0.1) is 0 Å². The third-order valence-corrected chi connectivity index (χ3v) is 3.36. The highest BCUT2D eigenvalue weighted by Gasteiger charge is 2.03. The van der Waals surface area contributed by atoms with Crippen LogP contribution >= 0.6 is 0 Å². The topological polar surface area (TPSA) is 39.2 Å². The van der Waals surface area contributed by atoms with Gasteiger partial charge in [0.25, 0.3) is 0 Å². The van der Waals surface area contributed by atoms with Crippen LogP contribution < -0.4 is 5.73 Å². The van der Waals surface area contributed by atoms with E-state index in [0.29, 0.717) is 6.54 Å². The van der Waals surface area contributed by atoms with Crippen LogP contribution in [0.4, 0.5) is 0 Å². The van der Waals surface area contributed by atoms with Crippen LogP contribution in [0.2, 0.25) is 0 Å². The highest BCUT2D eigenvalue weighted by atomic mass is 16.3. The molecule has 2 heteroatoms. The molecule has 0 spiro atoms. The van der Waals surface area contributed by atoms with Gasteiger partial charge < -0.3 is 10.2 Å². The van der Waals surface area contributed by atoms with Crippen molar-refractivity contribution >= 4 is 0 Å². The molecule has 100 valence electrons. The Hall–Kier alpha value is -2.32. The van der Waals surface area contributed by atoms with E-state index in [1.807, 2.05) is 18.2 Å². The van der Waals surface area contributed by atoms with Crippen LogP contribution in [-0.4, -0.2) is 0 Å². The van der Waals surface area contributed by atoms with Crippen LogP contribution in [0, 0.1) is 0 Å². The highest BCUT2D eigenvalue weighted by Crippen LogP contribution is 2.20. The van der Waals surface area contributed by atoms with E-state index in [1.165, 1.54) is 16.7 Å². The molecule has 0 amide bonds. The van der Waals surface area contributed by atoms with Gasteiger partial charge in [-0.2, -0.15) is 0 Å². The van der Waals surface area contributed by atoms with Crippen molar-refractivity contribution in [3.8, 4) is 11.1 Å². The van der Waals surface area contributed by atoms with Crippen molar-refractivity contribution in [1.82, 2.24) is 0 Å². The molecule has 1 heterocycles. The Morgan fingerprint density at radius 3 is 2.00 bits per heavy atom. The van der Waals surface area contributed by atoms with Gasteiger partial charge >= 0.3 is 0 Å². The van der Waals surface area contributed by atoms with E-state index in [2.05, 4.69) is 48.5 Å². The molecule has 0 bridgehead atoms. The molecule has 0 aliphatic heterocycles. The second kappa shape index (κ2) is 5.76. The fourth-order valence-electron chi connectivity index (χ4n) is 2.27. The van der Waals surface area contributed by atoms with Crippen LogP contribution in [0.1, 0.15) is 17.1 Å². The van der Waals surface area contributed by atoms with Crippen molar-refractivity contribution in [2.45, 2.75) is 13.0 Å². The molecule has 0 fully saturated rings. The molecular formula is C18H17NO. The van der Waals surface area contributed by atoms with Crippen LogP contribution in [-0.2, 0) is 13.0 Å². The van der Waals surface area contributed by atoms with Crippen LogP contribution in [0.3, 0.4) is 0 Å². The fourth-order valence-corrected chi connectivity index (χ4v) is 2.27. The molecule has 0 aliphatic carbocycles. The molecule has 0 radical (unpaired) electrons. The Morgan fingerprint density at radius 2 is 1.35 bits per heavy atom. The highest BCUT2D eigenvalue weighted by molar-refractivity contribution is 5.63. The van der Waals surface area contributed by atoms with Crippen LogP contribution in [0.15, 0.2) is 71.1 Å². The smallest absolute Gasteiger partial charge is 0.117 e. The largest absolute Gasteiger partial charge is 0.464 e. The summed E-state index contributed by atoms with van der Waals surface area (Å²) in [6.07, 6.45) is 0.801.